The fourth-order valence-electron chi connectivity index (χ4n) is 4.11. The Morgan fingerprint density at radius 2 is 1.13 bits per heavy atom. The van der Waals surface area contributed by atoms with Crippen molar-refractivity contribution in [2.75, 3.05) is 0 Å². The summed E-state index contributed by atoms with van der Waals surface area (Å²) in [4.78, 5) is 41.3. The number of fused-ring (bicyclic) bond motifs is 1. The Morgan fingerprint density at radius 1 is 0.696 bits per heavy atom. The third-order valence-corrected chi connectivity index (χ3v) is 9.11. The Morgan fingerprint density at radius 3 is 1.54 bits per heavy atom. The lowest BCUT2D eigenvalue weighted by Gasteiger charge is -2.15. The maximum atomic E-state index is 12.8. The van der Waals surface area contributed by atoms with Crippen LogP contribution in [0.15, 0.2) is 61.2 Å². The number of aromatic nitrogens is 4. The molecule has 5 aromatic rings. The molecule has 1 aromatic carbocycles. The molecule has 0 bridgehead atoms. The molecule has 238 valence electrons. The number of imide groups is 1. The van der Waals surface area contributed by atoms with Crippen LogP contribution in [-0.4, -0.2) is 36.7 Å². The largest absolute Gasteiger partial charge is 0.443 e. The van der Waals surface area contributed by atoms with Gasteiger partial charge in [0.25, 0.3) is 11.8 Å². The molecule has 0 spiro atoms. The average Bonchev–Trinajstić information content (AvgIpc) is 3.76. The van der Waals surface area contributed by atoms with Crippen molar-refractivity contribution in [1.82, 2.24) is 24.8 Å². The van der Waals surface area contributed by atoms with Gasteiger partial charge in [-0.05, 0) is 35.4 Å². The minimum absolute atomic E-state index is 0.119. The summed E-state index contributed by atoms with van der Waals surface area (Å²) in [6.07, 6.45) is -4.12. The highest BCUT2D eigenvalue weighted by Gasteiger charge is 2.37. The van der Waals surface area contributed by atoms with E-state index in [0.29, 0.717) is 60.5 Å². The van der Waals surface area contributed by atoms with E-state index in [4.69, 9.17) is 28.9 Å². The number of amides is 2. The molecule has 4 aromatic heterocycles. The van der Waals surface area contributed by atoms with Crippen molar-refractivity contribution in [3.05, 3.63) is 103 Å². The highest BCUT2D eigenvalue weighted by Crippen LogP contribution is 2.38. The zero-order chi connectivity index (χ0) is 33.4. The number of nitrogens with zero attached hydrogens (tertiary/aromatic N) is 5. The second kappa shape index (κ2) is 13.0. The Balaban J connectivity index is 0.000000200. The van der Waals surface area contributed by atoms with E-state index < -0.39 is 34.2 Å². The number of carbonyl (C=O) groups is 2. The summed E-state index contributed by atoms with van der Waals surface area (Å²) in [5, 5.41) is -1.30. The molecule has 46 heavy (non-hydrogen) atoms. The summed E-state index contributed by atoms with van der Waals surface area (Å²) in [5.74, 6) is -0.903. The van der Waals surface area contributed by atoms with E-state index in [9.17, 15) is 35.9 Å². The van der Waals surface area contributed by atoms with Crippen LogP contribution >= 0.6 is 45.9 Å². The van der Waals surface area contributed by atoms with Gasteiger partial charge in [0.15, 0.2) is 10.0 Å². The van der Waals surface area contributed by atoms with Gasteiger partial charge in [0.05, 0.1) is 48.9 Å². The summed E-state index contributed by atoms with van der Waals surface area (Å²) in [6.45, 7) is 0.0743. The Bertz CT molecular complexity index is 1910. The normalized spacial score (nSPS) is 13.1. The first kappa shape index (κ1) is 33.4. The van der Waals surface area contributed by atoms with Gasteiger partial charge in [-0.15, -0.1) is 22.7 Å². The van der Waals surface area contributed by atoms with Gasteiger partial charge in [0, 0.05) is 31.3 Å². The van der Waals surface area contributed by atoms with E-state index in [0.717, 1.165) is 17.3 Å². The zero-order valence-electron chi connectivity index (χ0n) is 22.7. The van der Waals surface area contributed by atoms with Gasteiger partial charge in [-0.25, -0.2) is 9.97 Å². The van der Waals surface area contributed by atoms with E-state index in [2.05, 4.69) is 19.9 Å². The Labute approximate surface area is 273 Å². The number of pyridine rings is 2. The first-order valence-electron chi connectivity index (χ1n) is 12.7. The van der Waals surface area contributed by atoms with Crippen LogP contribution in [0.4, 0.5) is 26.3 Å². The molecule has 5 heterocycles. The lowest BCUT2D eigenvalue weighted by molar-refractivity contribution is -0.138. The highest BCUT2D eigenvalue weighted by atomic mass is 35.5. The van der Waals surface area contributed by atoms with Crippen molar-refractivity contribution in [3.63, 3.8) is 0 Å². The van der Waals surface area contributed by atoms with Crippen LogP contribution < -0.4 is 5.73 Å². The predicted molar refractivity (Wildman–Crippen MR) is 159 cm³/mol. The van der Waals surface area contributed by atoms with Crippen molar-refractivity contribution < 1.29 is 35.9 Å². The number of nitrogens with two attached hydrogens (primary N) is 1. The van der Waals surface area contributed by atoms with Crippen LogP contribution in [0.3, 0.4) is 0 Å². The summed E-state index contributed by atoms with van der Waals surface area (Å²) >= 11 is 13.0. The topological polar surface area (TPSA) is 115 Å². The highest BCUT2D eigenvalue weighted by molar-refractivity contribution is 7.15. The summed E-state index contributed by atoms with van der Waals surface area (Å²) in [7, 11) is 0. The first-order valence-corrected chi connectivity index (χ1v) is 15.1. The standard InChI is InChI=1S/C18H9ClF3N3O2S.C10H7ClF3N3S/c19-12-6-23-13(14-7-24-17(28-14)18(20,21)22)5-9(12)8-25-15(26)10-3-1-2-4-11(10)16(25)27;11-6-3-16-7(1-5(6)2-15)8-4-17-9(18-8)10(12,13)14/h1-7H,8H2;1,3-4H,2,15H2. The van der Waals surface area contributed by atoms with E-state index in [1.165, 1.54) is 18.5 Å². The van der Waals surface area contributed by atoms with Gasteiger partial charge in [-0.2, -0.15) is 26.3 Å². The monoisotopic (exact) mass is 716 g/mol. The van der Waals surface area contributed by atoms with Gasteiger partial charge >= 0.3 is 12.4 Å². The third kappa shape index (κ3) is 7.05. The quantitative estimate of drug-likeness (QED) is 0.145. The molecule has 0 saturated heterocycles. The minimum atomic E-state index is -4.54. The molecule has 0 aliphatic carbocycles. The van der Waals surface area contributed by atoms with Gasteiger partial charge in [-0.3, -0.25) is 24.5 Å². The van der Waals surface area contributed by atoms with Crippen LogP contribution in [0.25, 0.3) is 21.1 Å². The van der Waals surface area contributed by atoms with Gasteiger partial charge < -0.3 is 5.73 Å². The maximum absolute atomic E-state index is 12.8. The second-order valence-electron chi connectivity index (χ2n) is 9.32. The van der Waals surface area contributed by atoms with Crippen molar-refractivity contribution in [2.45, 2.75) is 25.4 Å². The molecule has 0 unspecified atom stereocenters. The summed E-state index contributed by atoms with van der Waals surface area (Å²) in [6, 6.07) is 9.46. The fraction of sp³-hybridized carbons (Fsp3) is 0.143. The van der Waals surface area contributed by atoms with Crippen molar-refractivity contribution in [3.8, 4) is 21.1 Å². The molecule has 0 radical (unpaired) electrons. The average molecular weight is 718 g/mol. The molecule has 18 heteroatoms. The van der Waals surface area contributed by atoms with E-state index in [1.54, 1.807) is 30.3 Å². The smallest absolute Gasteiger partial charge is 0.326 e. The number of hydrogen-bond acceptors (Lipinski definition) is 9. The van der Waals surface area contributed by atoms with Crippen molar-refractivity contribution in [2.24, 2.45) is 5.73 Å². The van der Waals surface area contributed by atoms with E-state index >= 15 is 0 Å². The molecule has 8 nitrogen and oxygen atoms in total. The summed E-state index contributed by atoms with van der Waals surface area (Å²) in [5.41, 5.74) is 7.70. The number of thiazole rings is 2. The van der Waals surface area contributed by atoms with Gasteiger partial charge in [0.1, 0.15) is 0 Å². The van der Waals surface area contributed by atoms with Crippen LogP contribution in [0, 0.1) is 0 Å². The SMILES string of the molecule is NCc1cc(-c2cnc(C(F)(F)F)s2)ncc1Cl.O=C1c2ccccc2C(=O)N1Cc1cc(-c2cnc(C(F)(F)F)s2)ncc1Cl. The number of benzene rings is 1. The van der Waals surface area contributed by atoms with Crippen molar-refractivity contribution in [1.29, 1.82) is 0 Å². The number of carbonyl (C=O) groups excluding carboxylic acids is 2. The molecular formula is C28H16Cl2F6N6O2S2. The lowest BCUT2D eigenvalue weighted by atomic mass is 10.1. The molecule has 1 aliphatic heterocycles. The molecule has 0 fully saturated rings. The molecule has 2 amide bonds. The number of halogens is 8. The number of hydrogen-bond donors (Lipinski definition) is 1. The zero-order valence-corrected chi connectivity index (χ0v) is 25.8. The molecule has 0 atom stereocenters. The molecule has 6 rings (SSSR count). The van der Waals surface area contributed by atoms with Crippen molar-refractivity contribution >= 4 is 57.7 Å². The summed E-state index contributed by atoms with van der Waals surface area (Å²) < 4.78 is 75.6. The van der Waals surface area contributed by atoms with E-state index in [-0.39, 0.29) is 28.7 Å². The van der Waals surface area contributed by atoms with Crippen LogP contribution in [-0.2, 0) is 25.4 Å². The Kier molecular flexibility index (Phi) is 9.47. The Hall–Kier alpha value is -3.96. The predicted octanol–water partition coefficient (Wildman–Crippen LogP) is 8.01. The first-order chi connectivity index (χ1) is 21.7. The minimum Gasteiger partial charge on any atom is -0.326 e. The number of alkyl halides is 6. The van der Waals surface area contributed by atoms with Crippen LogP contribution in [0.2, 0.25) is 10.0 Å². The fourth-order valence-corrected chi connectivity index (χ4v) is 5.95. The number of rotatable bonds is 5. The third-order valence-electron chi connectivity index (χ3n) is 6.30. The lowest BCUT2D eigenvalue weighted by Crippen LogP contribution is -2.29. The second-order valence-corrected chi connectivity index (χ2v) is 12.2. The maximum Gasteiger partial charge on any atom is 0.443 e. The molecule has 1 aliphatic rings. The molecular weight excluding hydrogens is 701 g/mol. The molecule has 0 saturated carbocycles. The van der Waals surface area contributed by atoms with Crippen LogP contribution in [0.1, 0.15) is 41.9 Å². The molecule has 2 N–H and O–H groups in total. The van der Waals surface area contributed by atoms with Gasteiger partial charge in [-0.1, -0.05) is 35.3 Å². The van der Waals surface area contributed by atoms with Gasteiger partial charge in [0.2, 0.25) is 0 Å². The van der Waals surface area contributed by atoms with Crippen LogP contribution in [0.5, 0.6) is 0 Å². The van der Waals surface area contributed by atoms with E-state index in [1.807, 2.05) is 0 Å².